The molecule has 2 aliphatic rings. The predicted molar refractivity (Wildman–Crippen MR) is 58.3 cm³/mol. The molecule has 78 valence electrons. The van der Waals surface area contributed by atoms with E-state index in [1.54, 1.807) is 25.3 Å². The number of methoxy groups -OCH3 is 1. The average Bonchev–Trinajstić information content (AvgIpc) is 2.28. The van der Waals surface area contributed by atoms with Crippen molar-refractivity contribution < 1.29 is 9.53 Å². The maximum absolute atomic E-state index is 11.5. The number of fused-ring (bicyclic) bond motifs is 1. The maximum Gasteiger partial charge on any atom is 0.260 e. The van der Waals surface area contributed by atoms with Gasteiger partial charge in [-0.25, -0.2) is 4.99 Å². The van der Waals surface area contributed by atoms with Crippen LogP contribution in [0.25, 0.3) is 0 Å². The number of amides is 1. The SMILES string of the molecule is COC1=CC2=NC(CCl)=NC(=O)C2C=C1. The number of amidine groups is 1. The second kappa shape index (κ2) is 3.98. The molecule has 1 atom stereocenters. The highest BCUT2D eigenvalue weighted by Crippen LogP contribution is 2.19. The van der Waals surface area contributed by atoms with Crippen LogP contribution in [-0.2, 0) is 9.53 Å². The van der Waals surface area contributed by atoms with Crippen molar-refractivity contribution in [3.63, 3.8) is 0 Å². The Labute approximate surface area is 92.0 Å². The lowest BCUT2D eigenvalue weighted by molar-refractivity contribution is -0.118. The number of hydrogen-bond donors (Lipinski definition) is 0. The molecule has 1 amide bonds. The highest BCUT2D eigenvalue weighted by atomic mass is 35.5. The standard InChI is InChI=1S/C10H9ClN2O2/c1-15-6-2-3-7-8(4-6)12-9(5-11)13-10(7)14/h2-4,7H,5H2,1H3. The average molecular weight is 225 g/mol. The Bertz CT molecular complexity index is 421. The van der Waals surface area contributed by atoms with Crippen molar-refractivity contribution >= 4 is 29.1 Å². The molecule has 0 N–H and O–H groups in total. The Morgan fingerprint density at radius 3 is 3.00 bits per heavy atom. The summed E-state index contributed by atoms with van der Waals surface area (Å²) in [6.45, 7) is 0. The van der Waals surface area contributed by atoms with Gasteiger partial charge in [0.2, 0.25) is 0 Å². The summed E-state index contributed by atoms with van der Waals surface area (Å²) in [6, 6.07) is 0. The monoisotopic (exact) mass is 224 g/mol. The molecule has 0 aromatic carbocycles. The van der Waals surface area contributed by atoms with E-state index in [0.29, 0.717) is 17.3 Å². The number of alkyl halides is 1. The molecular weight excluding hydrogens is 216 g/mol. The Morgan fingerprint density at radius 1 is 1.53 bits per heavy atom. The number of ether oxygens (including phenoxy) is 1. The van der Waals surface area contributed by atoms with Crippen LogP contribution < -0.4 is 0 Å². The van der Waals surface area contributed by atoms with E-state index in [1.165, 1.54) is 0 Å². The van der Waals surface area contributed by atoms with Gasteiger partial charge < -0.3 is 4.74 Å². The van der Waals surface area contributed by atoms with Crippen LogP contribution in [0, 0.1) is 5.92 Å². The molecule has 0 fully saturated rings. The van der Waals surface area contributed by atoms with Crippen molar-refractivity contribution in [1.29, 1.82) is 0 Å². The summed E-state index contributed by atoms with van der Waals surface area (Å²) in [6.07, 6.45) is 5.20. The van der Waals surface area contributed by atoms with Gasteiger partial charge in [0.05, 0.1) is 18.7 Å². The van der Waals surface area contributed by atoms with Crippen LogP contribution in [0.2, 0.25) is 0 Å². The fourth-order valence-corrected chi connectivity index (χ4v) is 1.56. The van der Waals surface area contributed by atoms with Crippen molar-refractivity contribution in [2.24, 2.45) is 15.9 Å². The Morgan fingerprint density at radius 2 is 2.33 bits per heavy atom. The first kappa shape index (κ1) is 10.1. The van der Waals surface area contributed by atoms with Crippen LogP contribution in [0.5, 0.6) is 0 Å². The van der Waals surface area contributed by atoms with Gasteiger partial charge in [0.1, 0.15) is 17.5 Å². The third-order valence-corrected chi connectivity index (χ3v) is 2.42. The second-order valence-electron chi connectivity index (χ2n) is 3.12. The summed E-state index contributed by atoms with van der Waals surface area (Å²) in [5.74, 6) is 0.569. The zero-order valence-corrected chi connectivity index (χ0v) is 8.86. The lowest BCUT2D eigenvalue weighted by atomic mass is 9.96. The number of nitrogens with zero attached hydrogens (tertiary/aromatic N) is 2. The molecule has 0 aromatic heterocycles. The molecule has 1 aliphatic heterocycles. The summed E-state index contributed by atoms with van der Waals surface area (Å²) >= 11 is 5.59. The third kappa shape index (κ3) is 1.85. The number of halogens is 1. The van der Waals surface area contributed by atoms with E-state index in [0.717, 1.165) is 0 Å². The Balaban J connectivity index is 2.37. The normalized spacial score (nSPS) is 24.0. The molecule has 1 heterocycles. The number of rotatable bonds is 2. The van der Waals surface area contributed by atoms with Crippen molar-refractivity contribution in [3.05, 3.63) is 24.0 Å². The van der Waals surface area contributed by atoms with Gasteiger partial charge >= 0.3 is 0 Å². The quantitative estimate of drug-likeness (QED) is 0.665. The van der Waals surface area contributed by atoms with E-state index in [-0.39, 0.29) is 17.7 Å². The van der Waals surface area contributed by atoms with E-state index in [2.05, 4.69) is 9.98 Å². The molecule has 0 saturated heterocycles. The molecule has 4 nitrogen and oxygen atoms in total. The Kier molecular flexibility index (Phi) is 2.68. The van der Waals surface area contributed by atoms with Crippen LogP contribution in [0.4, 0.5) is 0 Å². The molecule has 1 unspecified atom stereocenters. The zero-order chi connectivity index (χ0) is 10.8. The number of allylic oxidation sites excluding steroid dienone is 2. The van der Waals surface area contributed by atoms with Gasteiger partial charge in [-0.15, -0.1) is 11.6 Å². The molecule has 15 heavy (non-hydrogen) atoms. The highest BCUT2D eigenvalue weighted by Gasteiger charge is 2.27. The number of carbonyl (C=O) groups is 1. The van der Waals surface area contributed by atoms with Crippen molar-refractivity contribution in [1.82, 2.24) is 0 Å². The summed E-state index contributed by atoms with van der Waals surface area (Å²) < 4.78 is 5.05. The lowest BCUT2D eigenvalue weighted by Crippen LogP contribution is -2.28. The largest absolute Gasteiger partial charge is 0.497 e. The zero-order valence-electron chi connectivity index (χ0n) is 8.11. The van der Waals surface area contributed by atoms with Crippen molar-refractivity contribution in [2.75, 3.05) is 13.0 Å². The number of hydrogen-bond acceptors (Lipinski definition) is 3. The molecule has 0 bridgehead atoms. The van der Waals surface area contributed by atoms with Crippen LogP contribution >= 0.6 is 11.6 Å². The second-order valence-corrected chi connectivity index (χ2v) is 3.39. The van der Waals surface area contributed by atoms with Gasteiger partial charge in [0.15, 0.2) is 0 Å². The summed E-state index contributed by atoms with van der Waals surface area (Å²) in [5.41, 5.74) is 0.644. The summed E-state index contributed by atoms with van der Waals surface area (Å²) in [7, 11) is 1.57. The van der Waals surface area contributed by atoms with E-state index >= 15 is 0 Å². The van der Waals surface area contributed by atoms with Gasteiger partial charge in [-0.05, 0) is 6.08 Å². The minimum atomic E-state index is -0.379. The van der Waals surface area contributed by atoms with E-state index in [4.69, 9.17) is 16.3 Å². The van der Waals surface area contributed by atoms with E-state index in [9.17, 15) is 4.79 Å². The maximum atomic E-state index is 11.5. The van der Waals surface area contributed by atoms with Crippen molar-refractivity contribution in [3.8, 4) is 0 Å². The van der Waals surface area contributed by atoms with Gasteiger partial charge in [-0.3, -0.25) is 4.79 Å². The van der Waals surface area contributed by atoms with E-state index in [1.807, 2.05) is 0 Å². The molecule has 0 saturated carbocycles. The first-order valence-electron chi connectivity index (χ1n) is 4.44. The molecule has 1 aliphatic carbocycles. The third-order valence-electron chi connectivity index (χ3n) is 2.18. The van der Waals surface area contributed by atoms with Crippen LogP contribution in [0.15, 0.2) is 34.0 Å². The van der Waals surface area contributed by atoms with Gasteiger partial charge in [0, 0.05) is 6.08 Å². The molecule has 0 spiro atoms. The van der Waals surface area contributed by atoms with E-state index < -0.39 is 0 Å². The van der Waals surface area contributed by atoms with Gasteiger partial charge in [0.25, 0.3) is 5.91 Å². The van der Waals surface area contributed by atoms with Crippen LogP contribution in [0.3, 0.4) is 0 Å². The highest BCUT2D eigenvalue weighted by molar-refractivity contribution is 6.32. The van der Waals surface area contributed by atoms with Crippen LogP contribution in [-0.4, -0.2) is 30.4 Å². The summed E-state index contributed by atoms with van der Waals surface area (Å²) in [4.78, 5) is 19.5. The fraction of sp³-hybridized carbons (Fsp3) is 0.300. The summed E-state index contributed by atoms with van der Waals surface area (Å²) in [5, 5.41) is 0. The molecule has 0 radical (unpaired) electrons. The molecule has 2 rings (SSSR count). The van der Waals surface area contributed by atoms with Crippen molar-refractivity contribution in [2.45, 2.75) is 0 Å². The van der Waals surface area contributed by atoms with Gasteiger partial charge in [-0.2, -0.15) is 4.99 Å². The predicted octanol–water partition coefficient (Wildman–Crippen LogP) is 1.32. The molecule has 0 aromatic rings. The van der Waals surface area contributed by atoms with Gasteiger partial charge in [-0.1, -0.05) is 6.08 Å². The Hall–Kier alpha value is -1.42. The lowest BCUT2D eigenvalue weighted by Gasteiger charge is -2.18. The smallest absolute Gasteiger partial charge is 0.260 e. The molecular formula is C10H9ClN2O2. The molecule has 5 heteroatoms. The topological polar surface area (TPSA) is 51.0 Å². The first-order chi connectivity index (χ1) is 7.24. The number of aliphatic imine (C=N–C) groups is 2. The van der Waals surface area contributed by atoms with Crippen LogP contribution in [0.1, 0.15) is 0 Å². The first-order valence-corrected chi connectivity index (χ1v) is 4.98. The number of carbonyl (C=O) groups excluding carboxylic acids is 1. The minimum absolute atomic E-state index is 0.141. The minimum Gasteiger partial charge on any atom is -0.497 e. The fourth-order valence-electron chi connectivity index (χ4n) is 1.44.